The molecule has 0 radical (unpaired) electrons. The molecule has 2 aromatic carbocycles. The molecule has 7 nitrogen and oxygen atoms in total. The average Bonchev–Trinajstić information content (AvgIpc) is 2.72. The Bertz CT molecular complexity index is 1020. The number of ether oxygens (including phenoxy) is 1. The molecule has 0 heterocycles. The minimum Gasteiger partial charge on any atom is -0.463 e. The van der Waals surface area contributed by atoms with Crippen LogP contribution >= 0.6 is 0 Å². The van der Waals surface area contributed by atoms with Gasteiger partial charge in [-0.15, -0.1) is 0 Å². The Morgan fingerprint density at radius 2 is 1.68 bits per heavy atom. The minimum atomic E-state index is -3.79. The Balaban J connectivity index is 1.71. The Morgan fingerprint density at radius 1 is 1.00 bits per heavy atom. The molecule has 0 aliphatic heterocycles. The molecule has 1 N–H and O–H groups in total. The maximum Gasteiger partial charge on any atom is 0.321 e. The van der Waals surface area contributed by atoms with Crippen molar-refractivity contribution in [3.05, 3.63) is 64.7 Å². The highest BCUT2D eigenvalue weighted by Crippen LogP contribution is 2.18. The highest BCUT2D eigenvalue weighted by molar-refractivity contribution is 7.89. The van der Waals surface area contributed by atoms with Crippen LogP contribution in [0.5, 0.6) is 0 Å². The van der Waals surface area contributed by atoms with Crippen LogP contribution in [-0.4, -0.2) is 51.3 Å². The first-order chi connectivity index (χ1) is 14.6. The van der Waals surface area contributed by atoms with Crippen LogP contribution in [0.25, 0.3) is 0 Å². The van der Waals surface area contributed by atoms with Gasteiger partial charge in [0.2, 0.25) is 15.9 Å². The lowest BCUT2D eigenvalue weighted by atomic mass is 10.1. The van der Waals surface area contributed by atoms with Gasteiger partial charge < -0.3 is 10.1 Å². The summed E-state index contributed by atoms with van der Waals surface area (Å²) in [5, 5.41) is 2.69. The first-order valence-electron chi connectivity index (χ1n) is 10.1. The number of hydrogen-bond acceptors (Lipinski definition) is 5. The first kappa shape index (κ1) is 24.6. The number of nitrogens with zero attached hydrogens (tertiary/aromatic N) is 1. The number of carbonyl (C=O) groups is 2. The van der Waals surface area contributed by atoms with E-state index in [1.165, 1.54) is 18.7 Å². The van der Waals surface area contributed by atoms with E-state index in [0.717, 1.165) is 21.0 Å². The van der Waals surface area contributed by atoms with Crippen LogP contribution in [-0.2, 0) is 30.8 Å². The lowest BCUT2D eigenvalue weighted by Gasteiger charge is -2.17. The number of nitrogens with one attached hydrogen (secondary N) is 1. The number of sulfonamides is 1. The number of carbonyl (C=O) groups excluding carboxylic acids is 2. The molecule has 0 aromatic heterocycles. The van der Waals surface area contributed by atoms with Gasteiger partial charge in [-0.1, -0.05) is 35.9 Å². The molecule has 0 fully saturated rings. The van der Waals surface area contributed by atoms with E-state index >= 15 is 0 Å². The fraction of sp³-hybridized carbons (Fsp3) is 0.391. The molecule has 8 heteroatoms. The minimum absolute atomic E-state index is 0.0212. The van der Waals surface area contributed by atoms with Gasteiger partial charge in [-0.2, -0.15) is 4.31 Å². The summed E-state index contributed by atoms with van der Waals surface area (Å²) < 4.78 is 31.2. The number of esters is 1. The predicted octanol–water partition coefficient (Wildman–Crippen LogP) is 2.52. The lowest BCUT2D eigenvalue weighted by Crippen LogP contribution is -2.34. The summed E-state index contributed by atoms with van der Waals surface area (Å²) in [6.07, 6.45) is 0.973. The van der Waals surface area contributed by atoms with Gasteiger partial charge in [0, 0.05) is 13.5 Å². The van der Waals surface area contributed by atoms with Crippen molar-refractivity contribution in [2.24, 2.45) is 0 Å². The second-order valence-corrected chi connectivity index (χ2v) is 9.61. The zero-order valence-electron chi connectivity index (χ0n) is 18.5. The summed E-state index contributed by atoms with van der Waals surface area (Å²) in [5.41, 5.74) is 4.10. The largest absolute Gasteiger partial charge is 0.463 e. The topological polar surface area (TPSA) is 92.8 Å². The van der Waals surface area contributed by atoms with Crippen molar-refractivity contribution < 1.29 is 22.7 Å². The quantitative estimate of drug-likeness (QED) is 0.447. The molecular weight excluding hydrogens is 416 g/mol. The Hall–Kier alpha value is -2.71. The van der Waals surface area contributed by atoms with E-state index in [1.54, 1.807) is 12.1 Å². The van der Waals surface area contributed by atoms with Gasteiger partial charge in [0.1, 0.15) is 13.2 Å². The molecule has 0 saturated heterocycles. The maximum atomic E-state index is 12.6. The van der Waals surface area contributed by atoms with Crippen LogP contribution in [0.4, 0.5) is 0 Å². The van der Waals surface area contributed by atoms with E-state index in [-0.39, 0.29) is 24.0 Å². The molecule has 0 saturated carbocycles. The van der Waals surface area contributed by atoms with Gasteiger partial charge in [-0.05, 0) is 56.0 Å². The van der Waals surface area contributed by atoms with Crippen LogP contribution in [0.1, 0.15) is 28.7 Å². The second-order valence-electron chi connectivity index (χ2n) is 7.56. The van der Waals surface area contributed by atoms with Crippen molar-refractivity contribution in [1.29, 1.82) is 0 Å². The third-order valence-corrected chi connectivity index (χ3v) is 6.79. The number of hydrogen-bond donors (Lipinski definition) is 1. The summed E-state index contributed by atoms with van der Waals surface area (Å²) in [5.74, 6) is -0.810. The summed E-state index contributed by atoms with van der Waals surface area (Å²) in [4.78, 5) is 24.0. The van der Waals surface area contributed by atoms with Crippen molar-refractivity contribution in [2.45, 2.75) is 38.5 Å². The SMILES string of the molecule is Cc1ccc(CCC(=O)NCCOC(=O)CN(C)S(=O)(=O)c2ccc(C)c(C)c2)cc1. The van der Waals surface area contributed by atoms with E-state index in [9.17, 15) is 18.0 Å². The Labute approximate surface area is 184 Å². The normalized spacial score (nSPS) is 11.4. The molecule has 0 aliphatic carbocycles. The molecule has 0 atom stereocenters. The first-order valence-corrected chi connectivity index (χ1v) is 11.5. The number of amides is 1. The van der Waals surface area contributed by atoms with Crippen molar-refractivity contribution >= 4 is 21.9 Å². The average molecular weight is 447 g/mol. The van der Waals surface area contributed by atoms with Crippen LogP contribution in [0.3, 0.4) is 0 Å². The van der Waals surface area contributed by atoms with Crippen molar-refractivity contribution in [1.82, 2.24) is 9.62 Å². The number of likely N-dealkylation sites (N-methyl/N-ethyl adjacent to an activating group) is 1. The van der Waals surface area contributed by atoms with E-state index in [4.69, 9.17) is 4.74 Å². The highest BCUT2D eigenvalue weighted by Gasteiger charge is 2.23. The van der Waals surface area contributed by atoms with Crippen LogP contribution < -0.4 is 5.32 Å². The van der Waals surface area contributed by atoms with Crippen LogP contribution in [0.2, 0.25) is 0 Å². The van der Waals surface area contributed by atoms with E-state index in [2.05, 4.69) is 5.32 Å². The van der Waals surface area contributed by atoms with Crippen molar-refractivity contribution in [3.63, 3.8) is 0 Å². The third kappa shape index (κ3) is 7.48. The zero-order valence-corrected chi connectivity index (χ0v) is 19.3. The van der Waals surface area contributed by atoms with E-state index < -0.39 is 22.5 Å². The summed E-state index contributed by atoms with van der Waals surface area (Å²) in [6.45, 7) is 5.48. The maximum absolute atomic E-state index is 12.6. The predicted molar refractivity (Wildman–Crippen MR) is 119 cm³/mol. The smallest absolute Gasteiger partial charge is 0.321 e. The van der Waals surface area contributed by atoms with Crippen LogP contribution in [0, 0.1) is 20.8 Å². The molecule has 0 unspecified atom stereocenters. The summed E-state index contributed by atoms with van der Waals surface area (Å²) in [6, 6.07) is 12.8. The fourth-order valence-electron chi connectivity index (χ4n) is 2.82. The fourth-order valence-corrected chi connectivity index (χ4v) is 4.02. The zero-order chi connectivity index (χ0) is 23.0. The molecular formula is C23H30N2O5S. The molecule has 2 rings (SSSR count). The molecule has 1 amide bonds. The molecule has 168 valence electrons. The number of benzene rings is 2. The van der Waals surface area contributed by atoms with Gasteiger partial charge in [0.15, 0.2) is 0 Å². The molecule has 0 bridgehead atoms. The van der Waals surface area contributed by atoms with Crippen molar-refractivity contribution in [2.75, 3.05) is 26.7 Å². The van der Waals surface area contributed by atoms with E-state index in [1.807, 2.05) is 45.0 Å². The van der Waals surface area contributed by atoms with Crippen molar-refractivity contribution in [3.8, 4) is 0 Å². The highest BCUT2D eigenvalue weighted by atomic mass is 32.2. The lowest BCUT2D eigenvalue weighted by molar-refractivity contribution is -0.143. The molecule has 2 aromatic rings. The van der Waals surface area contributed by atoms with Gasteiger partial charge in [-0.25, -0.2) is 8.42 Å². The number of rotatable bonds is 10. The van der Waals surface area contributed by atoms with Gasteiger partial charge >= 0.3 is 5.97 Å². The molecule has 0 spiro atoms. The van der Waals surface area contributed by atoms with Gasteiger partial charge in [0.05, 0.1) is 11.4 Å². The van der Waals surface area contributed by atoms with Crippen LogP contribution in [0.15, 0.2) is 47.4 Å². The third-order valence-electron chi connectivity index (χ3n) is 4.99. The summed E-state index contributed by atoms with van der Waals surface area (Å²) in [7, 11) is -2.46. The van der Waals surface area contributed by atoms with Gasteiger partial charge in [-0.3, -0.25) is 9.59 Å². The standard InChI is InChI=1S/C23H30N2O5S/c1-17-5-8-20(9-6-17)10-12-22(26)24-13-14-30-23(27)16-25(4)31(28,29)21-11-7-18(2)19(3)15-21/h5-9,11,15H,10,12-14,16H2,1-4H3,(H,24,26). The summed E-state index contributed by atoms with van der Waals surface area (Å²) >= 11 is 0. The molecule has 0 aliphatic rings. The monoisotopic (exact) mass is 446 g/mol. The Kier molecular flexibility index (Phi) is 8.76. The van der Waals surface area contributed by atoms with Gasteiger partial charge in [0.25, 0.3) is 0 Å². The van der Waals surface area contributed by atoms with E-state index in [0.29, 0.717) is 12.8 Å². The molecule has 31 heavy (non-hydrogen) atoms. The Morgan fingerprint density at radius 3 is 2.32 bits per heavy atom. The number of aryl methyl sites for hydroxylation is 4. The second kappa shape index (κ2) is 11.1.